The van der Waals surface area contributed by atoms with Gasteiger partial charge in [-0.3, -0.25) is 0 Å². The van der Waals surface area contributed by atoms with Gasteiger partial charge in [-0.05, 0) is 30.7 Å². The van der Waals surface area contributed by atoms with Crippen molar-refractivity contribution in [2.75, 3.05) is 7.11 Å². The highest BCUT2D eigenvalue weighted by molar-refractivity contribution is 6.29. The number of benzene rings is 1. The first-order chi connectivity index (χ1) is 7.65. The van der Waals surface area contributed by atoms with Gasteiger partial charge in [0, 0.05) is 12.6 Å². The largest absolute Gasteiger partial charge is 0.496 e. The second kappa shape index (κ2) is 4.22. The lowest BCUT2D eigenvalue weighted by molar-refractivity contribution is 0.416. The fourth-order valence-corrected chi connectivity index (χ4v) is 2.03. The Morgan fingerprint density at radius 3 is 2.50 bits per heavy atom. The van der Waals surface area contributed by atoms with E-state index in [1.165, 1.54) is 5.56 Å². The molecule has 0 radical (unpaired) electrons. The highest BCUT2D eigenvalue weighted by atomic mass is 35.5. The number of rotatable bonds is 2. The van der Waals surface area contributed by atoms with Crippen LogP contribution in [0.25, 0.3) is 11.3 Å². The van der Waals surface area contributed by atoms with Gasteiger partial charge in [-0.25, -0.2) is 0 Å². The Balaban J connectivity index is 2.68. The SMILES string of the molecule is COc1cccc(C)c1-c1ccc(Cl)n1C. The smallest absolute Gasteiger partial charge is 0.128 e. The van der Waals surface area contributed by atoms with E-state index >= 15 is 0 Å². The van der Waals surface area contributed by atoms with Gasteiger partial charge in [-0.1, -0.05) is 23.7 Å². The number of hydrogen-bond donors (Lipinski definition) is 0. The maximum atomic E-state index is 6.05. The minimum Gasteiger partial charge on any atom is -0.496 e. The van der Waals surface area contributed by atoms with E-state index in [1.807, 2.05) is 35.9 Å². The van der Waals surface area contributed by atoms with Crippen LogP contribution in [0.3, 0.4) is 0 Å². The van der Waals surface area contributed by atoms with Crippen molar-refractivity contribution in [2.24, 2.45) is 7.05 Å². The summed E-state index contributed by atoms with van der Waals surface area (Å²) in [4.78, 5) is 0. The lowest BCUT2D eigenvalue weighted by Gasteiger charge is -2.12. The molecule has 0 aliphatic heterocycles. The molecule has 0 N–H and O–H groups in total. The van der Waals surface area contributed by atoms with Crippen molar-refractivity contribution in [1.29, 1.82) is 0 Å². The van der Waals surface area contributed by atoms with Crippen molar-refractivity contribution >= 4 is 11.6 Å². The van der Waals surface area contributed by atoms with E-state index < -0.39 is 0 Å². The Hall–Kier alpha value is -1.41. The molecule has 2 nitrogen and oxygen atoms in total. The van der Waals surface area contributed by atoms with E-state index in [2.05, 4.69) is 13.0 Å². The van der Waals surface area contributed by atoms with Crippen LogP contribution in [-0.4, -0.2) is 11.7 Å². The molecule has 1 heterocycles. The van der Waals surface area contributed by atoms with E-state index in [-0.39, 0.29) is 0 Å². The molecular weight excluding hydrogens is 222 g/mol. The summed E-state index contributed by atoms with van der Waals surface area (Å²) in [6.45, 7) is 2.07. The molecule has 0 spiro atoms. The normalized spacial score (nSPS) is 10.5. The van der Waals surface area contributed by atoms with E-state index in [0.29, 0.717) is 0 Å². The fraction of sp³-hybridized carbons (Fsp3) is 0.231. The average Bonchev–Trinajstić information content (AvgIpc) is 2.60. The molecule has 2 rings (SSSR count). The van der Waals surface area contributed by atoms with Crippen LogP contribution in [-0.2, 0) is 7.05 Å². The average molecular weight is 236 g/mol. The van der Waals surface area contributed by atoms with Gasteiger partial charge in [0.05, 0.1) is 12.8 Å². The van der Waals surface area contributed by atoms with Crippen LogP contribution in [0.1, 0.15) is 5.56 Å². The predicted molar refractivity (Wildman–Crippen MR) is 67.1 cm³/mol. The molecule has 16 heavy (non-hydrogen) atoms. The van der Waals surface area contributed by atoms with Gasteiger partial charge in [0.25, 0.3) is 0 Å². The number of methoxy groups -OCH3 is 1. The third kappa shape index (κ3) is 1.69. The van der Waals surface area contributed by atoms with E-state index in [1.54, 1.807) is 7.11 Å². The molecule has 0 amide bonds. The summed E-state index contributed by atoms with van der Waals surface area (Å²) in [7, 11) is 3.63. The second-order valence-electron chi connectivity index (χ2n) is 3.75. The monoisotopic (exact) mass is 235 g/mol. The summed E-state index contributed by atoms with van der Waals surface area (Å²) in [6, 6.07) is 9.92. The lowest BCUT2D eigenvalue weighted by Crippen LogP contribution is -1.96. The zero-order chi connectivity index (χ0) is 11.7. The standard InChI is InChI=1S/C13H14ClNO/c1-9-5-4-6-11(16-3)13(9)10-7-8-12(14)15(10)2/h4-8H,1-3H3. The number of aromatic nitrogens is 1. The van der Waals surface area contributed by atoms with Gasteiger partial charge >= 0.3 is 0 Å². The number of nitrogens with zero attached hydrogens (tertiary/aromatic N) is 1. The molecule has 0 atom stereocenters. The highest BCUT2D eigenvalue weighted by Gasteiger charge is 2.12. The van der Waals surface area contributed by atoms with Gasteiger partial charge in [0.2, 0.25) is 0 Å². The first-order valence-corrected chi connectivity index (χ1v) is 5.48. The fourth-order valence-electron chi connectivity index (χ4n) is 1.88. The van der Waals surface area contributed by atoms with Crippen molar-refractivity contribution in [3.63, 3.8) is 0 Å². The minimum atomic E-state index is 0.723. The van der Waals surface area contributed by atoms with Crippen LogP contribution in [0.4, 0.5) is 0 Å². The van der Waals surface area contributed by atoms with Gasteiger partial charge in [0.1, 0.15) is 10.9 Å². The van der Waals surface area contributed by atoms with Crippen LogP contribution in [0.5, 0.6) is 5.75 Å². The molecule has 0 aliphatic carbocycles. The molecule has 0 saturated carbocycles. The van der Waals surface area contributed by atoms with E-state index in [4.69, 9.17) is 16.3 Å². The van der Waals surface area contributed by atoms with Crippen LogP contribution in [0.15, 0.2) is 30.3 Å². The molecular formula is C13H14ClNO. The minimum absolute atomic E-state index is 0.723. The molecule has 0 saturated heterocycles. The quantitative estimate of drug-likeness (QED) is 0.775. The van der Waals surface area contributed by atoms with E-state index in [9.17, 15) is 0 Å². The van der Waals surface area contributed by atoms with Crippen LogP contribution in [0, 0.1) is 6.92 Å². The summed E-state index contributed by atoms with van der Waals surface area (Å²) in [5.74, 6) is 0.873. The molecule has 84 valence electrons. The van der Waals surface area contributed by atoms with Crippen molar-refractivity contribution in [1.82, 2.24) is 4.57 Å². The Morgan fingerprint density at radius 2 is 1.94 bits per heavy atom. The Bertz CT molecular complexity index is 517. The highest BCUT2D eigenvalue weighted by Crippen LogP contribution is 2.34. The lowest BCUT2D eigenvalue weighted by atomic mass is 10.0. The zero-order valence-electron chi connectivity index (χ0n) is 9.62. The maximum absolute atomic E-state index is 6.05. The first kappa shape index (κ1) is 11.1. The third-order valence-corrected chi connectivity index (χ3v) is 3.15. The summed E-state index contributed by atoms with van der Waals surface area (Å²) >= 11 is 6.05. The Kier molecular flexibility index (Phi) is 2.92. The number of ether oxygens (including phenoxy) is 1. The van der Waals surface area contributed by atoms with Crippen molar-refractivity contribution in [2.45, 2.75) is 6.92 Å². The number of halogens is 1. The van der Waals surface area contributed by atoms with E-state index in [0.717, 1.165) is 22.2 Å². The zero-order valence-corrected chi connectivity index (χ0v) is 10.4. The summed E-state index contributed by atoms with van der Waals surface area (Å²) in [5.41, 5.74) is 3.34. The van der Waals surface area contributed by atoms with Crippen molar-refractivity contribution < 1.29 is 4.74 Å². The number of hydrogen-bond acceptors (Lipinski definition) is 1. The van der Waals surface area contributed by atoms with Gasteiger partial charge in [-0.2, -0.15) is 0 Å². The van der Waals surface area contributed by atoms with Crippen LogP contribution in [0.2, 0.25) is 5.15 Å². The molecule has 0 unspecified atom stereocenters. The topological polar surface area (TPSA) is 14.2 Å². The first-order valence-electron chi connectivity index (χ1n) is 5.10. The van der Waals surface area contributed by atoms with Crippen molar-refractivity contribution in [3.8, 4) is 17.0 Å². The van der Waals surface area contributed by atoms with Gasteiger partial charge in [0.15, 0.2) is 0 Å². The summed E-state index contributed by atoms with van der Waals surface area (Å²) in [5, 5.41) is 0.723. The van der Waals surface area contributed by atoms with Gasteiger partial charge < -0.3 is 9.30 Å². The second-order valence-corrected chi connectivity index (χ2v) is 4.14. The predicted octanol–water partition coefficient (Wildman–Crippen LogP) is 3.66. The molecule has 0 fully saturated rings. The molecule has 0 bridgehead atoms. The Morgan fingerprint density at radius 1 is 1.19 bits per heavy atom. The van der Waals surface area contributed by atoms with Crippen LogP contribution < -0.4 is 4.74 Å². The summed E-state index contributed by atoms with van der Waals surface area (Å²) < 4.78 is 7.34. The number of aryl methyl sites for hydroxylation is 1. The van der Waals surface area contributed by atoms with Gasteiger partial charge in [-0.15, -0.1) is 0 Å². The molecule has 3 heteroatoms. The van der Waals surface area contributed by atoms with Crippen LogP contribution >= 0.6 is 11.6 Å². The third-order valence-electron chi connectivity index (χ3n) is 2.77. The maximum Gasteiger partial charge on any atom is 0.128 e. The molecule has 1 aromatic heterocycles. The molecule has 1 aromatic carbocycles. The Labute approximate surface area is 100 Å². The van der Waals surface area contributed by atoms with Crippen molar-refractivity contribution in [3.05, 3.63) is 41.0 Å². The molecule has 0 aliphatic rings. The summed E-state index contributed by atoms with van der Waals surface area (Å²) in [6.07, 6.45) is 0. The molecule has 2 aromatic rings.